The van der Waals surface area contributed by atoms with Crippen molar-refractivity contribution in [2.45, 2.75) is 109 Å². The number of pyridine rings is 6. The Morgan fingerprint density at radius 3 is 1.20 bits per heavy atom. The molecule has 0 N–H and O–H groups in total. The van der Waals surface area contributed by atoms with Gasteiger partial charge in [0.15, 0.2) is 36.6 Å². The molecule has 0 radical (unpaired) electrons. The van der Waals surface area contributed by atoms with Gasteiger partial charge >= 0.3 is 0 Å². The van der Waals surface area contributed by atoms with Crippen LogP contribution in [0.2, 0.25) is 0 Å². The van der Waals surface area contributed by atoms with Crippen molar-refractivity contribution in [1.82, 2.24) is 4.98 Å². The van der Waals surface area contributed by atoms with E-state index in [1.807, 2.05) is 160 Å². The van der Waals surface area contributed by atoms with Crippen LogP contribution in [-0.2, 0) is 35.2 Å². The summed E-state index contributed by atoms with van der Waals surface area (Å²) in [5, 5.41) is 8.20. The lowest BCUT2D eigenvalue weighted by atomic mass is 9.95. The molecule has 576 valence electrons. The van der Waals surface area contributed by atoms with Gasteiger partial charge in [-0.15, -0.1) is 0 Å². The van der Waals surface area contributed by atoms with Crippen LogP contribution in [0.1, 0.15) is 128 Å². The zero-order valence-corrected chi connectivity index (χ0v) is 66.8. The van der Waals surface area contributed by atoms with Crippen LogP contribution in [0.15, 0.2) is 266 Å². The smallest absolute Gasteiger partial charge is 0.227 e. The second-order valence-electron chi connectivity index (χ2n) is 30.0. The minimum absolute atomic E-state index is 0.213. The number of aromatic nitrogens is 6. The Hall–Kier alpha value is -13.1. The molecule has 0 fully saturated rings. The molecule has 0 aliphatic carbocycles. The van der Waals surface area contributed by atoms with Crippen LogP contribution < -0.4 is 22.8 Å². The van der Waals surface area contributed by atoms with E-state index >= 15 is 0 Å². The highest BCUT2D eigenvalue weighted by Crippen LogP contribution is 2.44. The molecule has 9 aromatic carbocycles. The molecule has 0 aliphatic rings. The molecular formula is C105H101N6O5+5. The summed E-state index contributed by atoms with van der Waals surface area (Å²) in [6, 6.07) is 64.1. The molecule has 11 nitrogen and oxygen atoms in total. The summed E-state index contributed by atoms with van der Waals surface area (Å²) in [5.74, 6) is -1.81. The third kappa shape index (κ3) is 13.9. The first kappa shape index (κ1) is 54.6. The summed E-state index contributed by atoms with van der Waals surface area (Å²) in [7, 11) is 9.31. The SMILES string of the molecule is Cc1ccc2c(oc3ncccc32)c1-c1cccc[n+]1C.[2H]C([2H])([2H])c1c[n+](C)c(-c2c(C)cc(C([2H])([2H])[2H])c3c2oc2ccccc23)cc1C.[2H]C([2H])([2H])c1c[n+](C)c(-c2c(C)ccc3c2oc2ccccc23)cc1C.[2H]C([2H])([2H])c1cc(C)c(-c2cc(C([2H])(C)C([2H])([2H])[2H])cc[n+]2C)c2oc3ccccc3c12.[2H]C([2H])([2H])c1ccc(-c2c(C)cc(C([2H])([2H])[2H])c3c2oc2ccccc23)[n+](C)c1. The predicted octanol–water partition coefficient (Wildman–Crippen LogP) is 24.9. The predicted molar refractivity (Wildman–Crippen MR) is 475 cm³/mol. The summed E-state index contributed by atoms with van der Waals surface area (Å²) < 4.78 is 214. The normalized spacial score (nSPS) is 15.6. The maximum absolute atomic E-state index is 8.50. The van der Waals surface area contributed by atoms with E-state index in [4.69, 9.17) is 52.2 Å². The minimum Gasteiger partial charge on any atom is -0.455 e. The summed E-state index contributed by atoms with van der Waals surface area (Å²) in [6.45, 7) is -1.31. The number of fused-ring (bicyclic) bond motifs is 15. The molecule has 20 rings (SSSR count). The van der Waals surface area contributed by atoms with Gasteiger partial charge in [0.25, 0.3) is 0 Å². The Balaban J connectivity index is 0.000000125. The summed E-state index contributed by atoms with van der Waals surface area (Å²) in [6.07, 6.45) is 10.4. The highest BCUT2D eigenvalue weighted by molar-refractivity contribution is 6.15. The standard InChI is InChI=1S/C23H24NO.C22H22NO.2C21H20NO.C18H15N2O/c1-14(2)17-10-11-24(5)19(13-17)22-16(4)12-15(3)21-18-8-6-7-9-20(18)25-23(21)22;1-13-11-18(23(5)12-16(13)4)21-15(3)10-14(2)20-17-8-6-7-9-19(17)24-22(20)21;1-13-9-10-17-16-7-5-6-8-19(16)23-21(17)20(13)18-11-14(2)15(3)12-22(18)4;1-13-9-10-17(22(4)12-13)20-15(3)11-14(2)19-16-7-5-6-8-18(16)23-21(19)20;1-12-8-9-13-14-6-5-10-19-18(14)21-17(13)16(12)15-7-3-4-11-20(15)2/h6-14H,1-5H3;6-12H,1-5H3;2*5-12H,1-4H3;3-11H,1-2H3/q5*+1/i1D3,3D3,14D;2D3,4D3;3D3;1D3,2D3;. The van der Waals surface area contributed by atoms with Gasteiger partial charge in [-0.05, 0) is 205 Å². The molecule has 0 spiro atoms. The molecule has 0 bridgehead atoms. The summed E-state index contributed by atoms with van der Waals surface area (Å²) >= 11 is 0. The number of benzene rings is 9. The lowest BCUT2D eigenvalue weighted by molar-refractivity contribution is -0.660. The molecule has 0 amide bonds. The first-order valence-electron chi connectivity index (χ1n) is 49.2. The fourth-order valence-corrected chi connectivity index (χ4v) is 16.0. The van der Waals surface area contributed by atoms with Crippen molar-refractivity contribution in [3.63, 3.8) is 0 Å². The van der Waals surface area contributed by atoms with Crippen molar-refractivity contribution in [2.24, 2.45) is 35.2 Å². The molecule has 11 heterocycles. The van der Waals surface area contributed by atoms with Gasteiger partial charge in [-0.1, -0.05) is 129 Å². The zero-order valence-electron chi connectivity index (χ0n) is 88.8. The largest absolute Gasteiger partial charge is 0.455 e. The first-order chi connectivity index (χ1) is 64.6. The van der Waals surface area contributed by atoms with E-state index < -0.39 is 53.9 Å². The summed E-state index contributed by atoms with van der Waals surface area (Å²) in [5.41, 5.74) is 22.9. The molecule has 1 unspecified atom stereocenters. The van der Waals surface area contributed by atoms with Gasteiger partial charge in [-0.25, -0.2) is 27.8 Å². The Kier molecular flexibility index (Phi) is 14.6. The van der Waals surface area contributed by atoms with Crippen molar-refractivity contribution < 1.29 is 75.1 Å². The number of rotatable bonds is 6. The van der Waals surface area contributed by atoms with Gasteiger partial charge in [-0.2, -0.15) is 0 Å². The molecule has 0 saturated carbocycles. The fraction of sp³-hybridized carbons (Fsp3) is 0.200. The first-order valence-corrected chi connectivity index (χ1v) is 38.2. The van der Waals surface area contributed by atoms with Crippen molar-refractivity contribution in [3.05, 3.63) is 321 Å². The highest BCUT2D eigenvalue weighted by Gasteiger charge is 2.29. The van der Waals surface area contributed by atoms with Gasteiger partial charge < -0.3 is 22.1 Å². The molecular weight excluding hydrogens is 1430 g/mol. The van der Waals surface area contributed by atoms with Crippen LogP contribution in [0.5, 0.6) is 0 Å². The van der Waals surface area contributed by atoms with E-state index in [0.717, 1.165) is 116 Å². The Morgan fingerprint density at radius 2 is 0.707 bits per heavy atom. The average molecular weight is 1550 g/mol. The van der Waals surface area contributed by atoms with Gasteiger partial charge in [-0.3, -0.25) is 0 Å². The van der Waals surface area contributed by atoms with Gasteiger partial charge in [0.05, 0.1) is 27.8 Å². The van der Waals surface area contributed by atoms with Crippen LogP contribution in [0, 0.1) is 89.6 Å². The van der Waals surface area contributed by atoms with Crippen molar-refractivity contribution in [2.75, 3.05) is 0 Å². The summed E-state index contributed by atoms with van der Waals surface area (Å²) in [4.78, 5) is 4.33. The number of hydrogen-bond donors (Lipinski definition) is 0. The number of aryl methyl sites for hydroxylation is 18. The monoisotopic (exact) mass is 1550 g/mol. The van der Waals surface area contributed by atoms with Crippen LogP contribution in [0.3, 0.4) is 0 Å². The Labute approximate surface area is 709 Å². The molecule has 11 aromatic heterocycles. The van der Waals surface area contributed by atoms with Crippen molar-refractivity contribution in [3.8, 4) is 56.3 Å². The molecule has 0 aliphatic heterocycles. The number of nitrogens with zero attached hydrogens (tertiary/aromatic N) is 6. The maximum Gasteiger partial charge on any atom is 0.227 e. The van der Waals surface area contributed by atoms with E-state index in [9.17, 15) is 0 Å². The van der Waals surface area contributed by atoms with E-state index in [-0.39, 0.29) is 27.8 Å². The lowest BCUT2D eigenvalue weighted by Gasteiger charge is -2.10. The molecule has 0 saturated heterocycles. The number of hydrogen-bond acceptors (Lipinski definition) is 6. The van der Waals surface area contributed by atoms with Crippen LogP contribution in [0.25, 0.3) is 166 Å². The third-order valence-corrected chi connectivity index (χ3v) is 21.9. The van der Waals surface area contributed by atoms with E-state index in [1.165, 1.54) is 12.5 Å². The van der Waals surface area contributed by atoms with Gasteiger partial charge in [0.2, 0.25) is 34.2 Å². The van der Waals surface area contributed by atoms with Crippen molar-refractivity contribution >= 4 is 110 Å². The van der Waals surface area contributed by atoms with E-state index in [2.05, 4.69) is 85.2 Å². The van der Waals surface area contributed by atoms with E-state index in [1.54, 1.807) is 110 Å². The molecule has 20 aromatic rings. The molecule has 116 heavy (non-hydrogen) atoms. The Morgan fingerprint density at radius 1 is 0.302 bits per heavy atom. The maximum atomic E-state index is 8.50. The number of para-hydroxylation sites is 4. The quantitative estimate of drug-likeness (QED) is 0.154. The Bertz CT molecular complexity index is 8240. The van der Waals surface area contributed by atoms with Gasteiger partial charge in [0, 0.05) is 149 Å². The van der Waals surface area contributed by atoms with Crippen LogP contribution in [0.4, 0.5) is 0 Å². The highest BCUT2D eigenvalue weighted by atomic mass is 16.3. The fourth-order valence-electron chi connectivity index (χ4n) is 16.0. The average Bonchev–Trinajstić information content (AvgIpc) is 1.60. The topological polar surface area (TPSA) is 98.0 Å². The van der Waals surface area contributed by atoms with Crippen LogP contribution >= 0.6 is 0 Å². The zero-order chi connectivity index (χ0) is 99.8. The third-order valence-electron chi connectivity index (χ3n) is 21.9. The second kappa shape index (κ2) is 31.0. The number of furan rings is 5. The minimum atomic E-state index is -2.51. The van der Waals surface area contributed by atoms with Gasteiger partial charge in [0.1, 0.15) is 79.9 Å². The molecule has 1 atom stereocenters. The molecule has 11 heteroatoms. The second-order valence-corrected chi connectivity index (χ2v) is 30.0. The van der Waals surface area contributed by atoms with Crippen molar-refractivity contribution in [1.29, 1.82) is 0 Å². The lowest BCUT2D eigenvalue weighted by Crippen LogP contribution is -2.31. The van der Waals surface area contributed by atoms with E-state index in [0.29, 0.717) is 94.3 Å². The van der Waals surface area contributed by atoms with Crippen LogP contribution in [-0.4, -0.2) is 4.98 Å².